The lowest BCUT2D eigenvalue weighted by Crippen LogP contribution is -2.31. The van der Waals surface area contributed by atoms with Crippen LogP contribution in [0.3, 0.4) is 0 Å². The molecule has 25 heavy (non-hydrogen) atoms. The number of benzene rings is 2. The molecular weight excluding hydrogens is 320 g/mol. The maximum Gasteiger partial charge on any atom is 0.270 e. The molecular formula is C19H18N2O4. The van der Waals surface area contributed by atoms with Crippen molar-refractivity contribution in [3.05, 3.63) is 57.6 Å². The summed E-state index contributed by atoms with van der Waals surface area (Å²) < 4.78 is 11.3. The molecule has 0 amide bonds. The molecule has 2 heterocycles. The van der Waals surface area contributed by atoms with Crippen LogP contribution in [0.15, 0.2) is 36.4 Å². The second-order valence-corrected chi connectivity index (χ2v) is 6.80. The van der Waals surface area contributed by atoms with Crippen LogP contribution in [0.2, 0.25) is 0 Å². The highest BCUT2D eigenvalue weighted by molar-refractivity contribution is 5.89. The summed E-state index contributed by atoms with van der Waals surface area (Å²) in [5.41, 5.74) is 4.51. The first-order valence-corrected chi connectivity index (χ1v) is 8.02. The largest absolute Gasteiger partial charge is 0.496 e. The Hall–Kier alpha value is -3.02. The molecule has 6 heteroatoms. The van der Waals surface area contributed by atoms with Crippen LogP contribution in [-0.4, -0.2) is 17.6 Å². The molecule has 4 rings (SSSR count). The second-order valence-electron chi connectivity index (χ2n) is 6.80. The highest BCUT2D eigenvalue weighted by Crippen LogP contribution is 2.47. The molecule has 0 saturated carbocycles. The summed E-state index contributed by atoms with van der Waals surface area (Å²) in [5, 5.41) is 14.7. The van der Waals surface area contributed by atoms with Crippen LogP contribution in [0.1, 0.15) is 25.0 Å². The van der Waals surface area contributed by atoms with E-state index in [0.29, 0.717) is 17.9 Å². The van der Waals surface area contributed by atoms with Crippen molar-refractivity contribution in [2.45, 2.75) is 26.0 Å². The van der Waals surface area contributed by atoms with E-state index >= 15 is 0 Å². The van der Waals surface area contributed by atoms with E-state index in [0.717, 1.165) is 28.1 Å². The van der Waals surface area contributed by atoms with E-state index in [2.05, 4.69) is 25.2 Å². The van der Waals surface area contributed by atoms with Crippen molar-refractivity contribution in [3.63, 3.8) is 0 Å². The molecule has 2 aromatic rings. The molecule has 2 aliphatic heterocycles. The van der Waals surface area contributed by atoms with Gasteiger partial charge >= 0.3 is 0 Å². The van der Waals surface area contributed by atoms with Gasteiger partial charge in [0.25, 0.3) is 5.69 Å². The van der Waals surface area contributed by atoms with E-state index < -0.39 is 4.92 Å². The lowest BCUT2D eigenvalue weighted by atomic mass is 9.89. The van der Waals surface area contributed by atoms with Gasteiger partial charge in [0.05, 0.1) is 17.6 Å². The van der Waals surface area contributed by atoms with Crippen LogP contribution in [0.25, 0.3) is 16.9 Å². The molecule has 6 nitrogen and oxygen atoms in total. The zero-order valence-electron chi connectivity index (χ0n) is 14.3. The first-order valence-electron chi connectivity index (χ1n) is 8.02. The summed E-state index contributed by atoms with van der Waals surface area (Å²) >= 11 is 0. The summed E-state index contributed by atoms with van der Waals surface area (Å²) in [7, 11) is 1.56. The third-order valence-corrected chi connectivity index (χ3v) is 4.56. The predicted octanol–water partition coefficient (Wildman–Crippen LogP) is 4.35. The number of nitrogens with one attached hydrogen (secondary N) is 1. The standard InChI is InChI=1S/C19H18N2O4/c1-19(2)9-17-18-14(10-25-17)12(5-6-15(18)20-19)13-8-11(21(22)23)4-7-16(13)24-3/h4-9,20H,10H2,1-3H3. The van der Waals surface area contributed by atoms with Crippen LogP contribution < -0.4 is 10.1 Å². The van der Waals surface area contributed by atoms with Crippen molar-refractivity contribution in [1.82, 2.24) is 0 Å². The average molecular weight is 338 g/mol. The van der Waals surface area contributed by atoms with Crippen LogP contribution in [0.4, 0.5) is 11.4 Å². The fourth-order valence-corrected chi connectivity index (χ4v) is 3.50. The van der Waals surface area contributed by atoms with Crippen molar-refractivity contribution in [2.75, 3.05) is 12.4 Å². The number of ether oxygens (including phenoxy) is 2. The van der Waals surface area contributed by atoms with Crippen molar-refractivity contribution in [2.24, 2.45) is 0 Å². The summed E-state index contributed by atoms with van der Waals surface area (Å²) in [5.74, 6) is 1.46. The van der Waals surface area contributed by atoms with Gasteiger partial charge in [-0.05, 0) is 37.6 Å². The van der Waals surface area contributed by atoms with E-state index in [4.69, 9.17) is 9.47 Å². The van der Waals surface area contributed by atoms with E-state index in [1.165, 1.54) is 6.07 Å². The van der Waals surface area contributed by atoms with Crippen LogP contribution in [0, 0.1) is 10.1 Å². The quantitative estimate of drug-likeness (QED) is 0.665. The number of hydrogen-bond acceptors (Lipinski definition) is 5. The van der Waals surface area contributed by atoms with E-state index in [-0.39, 0.29) is 11.2 Å². The predicted molar refractivity (Wildman–Crippen MR) is 95.6 cm³/mol. The third kappa shape index (κ3) is 2.41. The summed E-state index contributed by atoms with van der Waals surface area (Å²) in [4.78, 5) is 10.8. The van der Waals surface area contributed by atoms with Crippen molar-refractivity contribution < 1.29 is 14.4 Å². The first kappa shape index (κ1) is 15.5. The average Bonchev–Trinajstić information content (AvgIpc) is 2.98. The smallest absolute Gasteiger partial charge is 0.270 e. The van der Waals surface area contributed by atoms with Gasteiger partial charge in [-0.2, -0.15) is 0 Å². The van der Waals surface area contributed by atoms with Crippen LogP contribution in [0.5, 0.6) is 5.75 Å². The van der Waals surface area contributed by atoms with Crippen molar-refractivity contribution in [1.29, 1.82) is 0 Å². The Morgan fingerprint density at radius 2 is 2.04 bits per heavy atom. The molecule has 0 spiro atoms. The van der Waals surface area contributed by atoms with Gasteiger partial charge in [-0.3, -0.25) is 10.1 Å². The van der Waals surface area contributed by atoms with Gasteiger partial charge < -0.3 is 14.8 Å². The topological polar surface area (TPSA) is 73.6 Å². The lowest BCUT2D eigenvalue weighted by Gasteiger charge is -2.30. The van der Waals surface area contributed by atoms with E-state index in [9.17, 15) is 10.1 Å². The van der Waals surface area contributed by atoms with E-state index in [1.54, 1.807) is 19.2 Å². The third-order valence-electron chi connectivity index (χ3n) is 4.56. The molecule has 2 aromatic carbocycles. The van der Waals surface area contributed by atoms with Gasteiger partial charge in [0.15, 0.2) is 0 Å². The number of non-ortho nitro benzene ring substituents is 1. The highest BCUT2D eigenvalue weighted by Gasteiger charge is 2.33. The second kappa shape index (κ2) is 5.24. The van der Waals surface area contributed by atoms with Crippen molar-refractivity contribution >= 4 is 17.1 Å². The Bertz CT molecular complexity index is 931. The number of nitrogens with zero attached hydrogens (tertiary/aromatic N) is 1. The van der Waals surface area contributed by atoms with Gasteiger partial charge in [-0.1, -0.05) is 6.07 Å². The number of hydrogen-bond donors (Lipinski definition) is 1. The monoisotopic (exact) mass is 338 g/mol. The van der Waals surface area contributed by atoms with E-state index in [1.807, 2.05) is 12.1 Å². The number of rotatable bonds is 3. The fourth-order valence-electron chi connectivity index (χ4n) is 3.50. The van der Waals surface area contributed by atoms with Gasteiger partial charge in [0, 0.05) is 34.5 Å². The Labute approximate surface area is 145 Å². The van der Waals surface area contributed by atoms with Crippen molar-refractivity contribution in [3.8, 4) is 16.9 Å². The molecule has 1 N–H and O–H groups in total. The molecule has 2 aliphatic rings. The van der Waals surface area contributed by atoms with Gasteiger partial charge in [0.1, 0.15) is 18.1 Å². The van der Waals surface area contributed by atoms with Gasteiger partial charge in [0.2, 0.25) is 0 Å². The molecule has 0 bridgehead atoms. The van der Waals surface area contributed by atoms with Crippen LogP contribution >= 0.6 is 0 Å². The fraction of sp³-hybridized carbons (Fsp3) is 0.263. The Morgan fingerprint density at radius 3 is 2.76 bits per heavy atom. The summed E-state index contributed by atoms with van der Waals surface area (Å²) in [6.07, 6.45) is 2.07. The minimum atomic E-state index is -0.396. The maximum absolute atomic E-state index is 11.2. The molecule has 0 fully saturated rings. The molecule has 0 saturated heterocycles. The number of nitro groups is 1. The number of nitro benzene ring substituents is 1. The molecule has 0 unspecified atom stereocenters. The van der Waals surface area contributed by atoms with Gasteiger partial charge in [-0.15, -0.1) is 0 Å². The minimum Gasteiger partial charge on any atom is -0.496 e. The van der Waals surface area contributed by atoms with Crippen LogP contribution in [-0.2, 0) is 11.3 Å². The summed E-state index contributed by atoms with van der Waals surface area (Å²) in [6.45, 7) is 4.61. The number of anilines is 1. The SMILES string of the molecule is COc1ccc([N+](=O)[O-])cc1-c1ccc2c3c1COC3=CC(C)(C)N2. The Kier molecular flexibility index (Phi) is 3.25. The highest BCUT2D eigenvalue weighted by atomic mass is 16.6. The lowest BCUT2D eigenvalue weighted by molar-refractivity contribution is -0.384. The Balaban J connectivity index is 1.93. The maximum atomic E-state index is 11.2. The Morgan fingerprint density at radius 1 is 1.24 bits per heavy atom. The molecule has 0 atom stereocenters. The molecule has 0 aliphatic carbocycles. The van der Waals surface area contributed by atoms with Gasteiger partial charge in [-0.25, -0.2) is 0 Å². The first-order chi connectivity index (χ1) is 11.9. The molecule has 0 radical (unpaired) electrons. The normalized spacial score (nSPS) is 16.4. The zero-order chi connectivity index (χ0) is 17.8. The molecule has 0 aromatic heterocycles. The summed E-state index contributed by atoms with van der Waals surface area (Å²) in [6, 6.07) is 8.60. The zero-order valence-corrected chi connectivity index (χ0v) is 14.3. The minimum absolute atomic E-state index is 0.0367. The molecule has 128 valence electrons. The number of methoxy groups -OCH3 is 1.